The zero-order valence-electron chi connectivity index (χ0n) is 9.64. The molecule has 1 N–H and O–H groups in total. The molecule has 82 valence electrons. The van der Waals surface area contributed by atoms with E-state index in [0.29, 0.717) is 0 Å². The molecule has 0 aliphatic heterocycles. The van der Waals surface area contributed by atoms with Crippen LogP contribution in [0.3, 0.4) is 0 Å². The summed E-state index contributed by atoms with van der Waals surface area (Å²) in [6, 6.07) is 14.4. The highest BCUT2D eigenvalue weighted by Gasteiger charge is 2.06. The summed E-state index contributed by atoms with van der Waals surface area (Å²) in [6.07, 6.45) is 3.79. The van der Waals surface area contributed by atoms with Crippen LogP contribution in [0.5, 0.6) is 0 Å². The monoisotopic (exact) mass is 212 g/mol. The van der Waals surface area contributed by atoms with E-state index in [4.69, 9.17) is 0 Å². The average molecular weight is 212 g/mol. The molecular weight excluding hydrogens is 196 g/mol. The van der Waals surface area contributed by atoms with Crippen LogP contribution in [0.4, 0.5) is 0 Å². The van der Waals surface area contributed by atoms with Crippen molar-refractivity contribution in [3.63, 3.8) is 0 Å². The van der Waals surface area contributed by atoms with Crippen LogP contribution in [0.15, 0.2) is 48.5 Å². The van der Waals surface area contributed by atoms with Gasteiger partial charge in [-0.1, -0.05) is 54.6 Å². The number of rotatable bonds is 2. The maximum atomic E-state index is 9.66. The zero-order valence-corrected chi connectivity index (χ0v) is 9.64. The fourth-order valence-corrected chi connectivity index (χ4v) is 1.69. The summed E-state index contributed by atoms with van der Waals surface area (Å²) in [6.45, 7) is 3.54. The van der Waals surface area contributed by atoms with Crippen LogP contribution in [0.25, 0.3) is 16.8 Å². The number of aliphatic hydroxyl groups is 1. The second-order valence-electron chi connectivity index (χ2n) is 4.56. The molecule has 0 atom stereocenters. The number of fused-ring (bicyclic) bond motifs is 1. The molecule has 0 saturated carbocycles. The van der Waals surface area contributed by atoms with Crippen molar-refractivity contribution in [1.29, 1.82) is 0 Å². The zero-order chi connectivity index (χ0) is 11.6. The van der Waals surface area contributed by atoms with Crippen molar-refractivity contribution in [2.45, 2.75) is 19.4 Å². The van der Waals surface area contributed by atoms with Crippen molar-refractivity contribution in [3.05, 3.63) is 54.1 Å². The minimum atomic E-state index is -0.767. The van der Waals surface area contributed by atoms with E-state index in [1.807, 2.05) is 30.4 Å². The van der Waals surface area contributed by atoms with E-state index in [1.165, 1.54) is 10.8 Å². The minimum absolute atomic E-state index is 0.767. The Labute approximate surface area is 96.0 Å². The Balaban J connectivity index is 2.49. The van der Waals surface area contributed by atoms with Crippen LogP contribution in [-0.4, -0.2) is 10.7 Å². The van der Waals surface area contributed by atoms with Gasteiger partial charge >= 0.3 is 0 Å². The quantitative estimate of drug-likeness (QED) is 0.806. The van der Waals surface area contributed by atoms with Crippen molar-refractivity contribution >= 4 is 16.8 Å². The van der Waals surface area contributed by atoms with E-state index in [0.717, 1.165) is 5.56 Å². The Morgan fingerprint density at radius 1 is 1.00 bits per heavy atom. The third kappa shape index (κ3) is 2.50. The standard InChI is InChI=1S/C15H16O/c1-15(2,16)11-10-13-8-5-7-12-6-3-4-9-14(12)13/h3-11,16H,1-2H3/b11-10+. The topological polar surface area (TPSA) is 20.2 Å². The summed E-state index contributed by atoms with van der Waals surface area (Å²) < 4.78 is 0. The molecule has 1 heteroatoms. The maximum absolute atomic E-state index is 9.66. The van der Waals surface area contributed by atoms with Crippen LogP contribution in [0.2, 0.25) is 0 Å². The number of benzene rings is 2. The van der Waals surface area contributed by atoms with Gasteiger partial charge in [0.2, 0.25) is 0 Å². The van der Waals surface area contributed by atoms with Crippen LogP contribution < -0.4 is 0 Å². The van der Waals surface area contributed by atoms with E-state index < -0.39 is 5.60 Å². The summed E-state index contributed by atoms with van der Waals surface area (Å²) in [4.78, 5) is 0. The lowest BCUT2D eigenvalue weighted by atomic mass is 10.0. The van der Waals surface area contributed by atoms with Crippen LogP contribution in [-0.2, 0) is 0 Å². The predicted octanol–water partition coefficient (Wildman–Crippen LogP) is 3.62. The van der Waals surface area contributed by atoms with Gasteiger partial charge in [0.1, 0.15) is 0 Å². The Kier molecular flexibility index (Phi) is 2.80. The van der Waals surface area contributed by atoms with Crippen LogP contribution in [0, 0.1) is 0 Å². The fourth-order valence-electron chi connectivity index (χ4n) is 1.69. The molecule has 0 aromatic heterocycles. The van der Waals surface area contributed by atoms with Gasteiger partial charge < -0.3 is 5.11 Å². The Bertz CT molecular complexity index is 513. The second-order valence-corrected chi connectivity index (χ2v) is 4.56. The molecule has 0 spiro atoms. The molecular formula is C15H16O. The molecule has 0 unspecified atom stereocenters. The largest absolute Gasteiger partial charge is 0.386 e. The smallest absolute Gasteiger partial charge is 0.0774 e. The first-order chi connectivity index (χ1) is 7.56. The molecule has 0 aliphatic carbocycles. The van der Waals surface area contributed by atoms with E-state index >= 15 is 0 Å². The second kappa shape index (κ2) is 4.11. The van der Waals surface area contributed by atoms with Crippen molar-refractivity contribution in [2.24, 2.45) is 0 Å². The lowest BCUT2D eigenvalue weighted by Crippen LogP contribution is -2.13. The maximum Gasteiger partial charge on any atom is 0.0774 e. The molecule has 16 heavy (non-hydrogen) atoms. The molecule has 0 heterocycles. The summed E-state index contributed by atoms with van der Waals surface area (Å²) in [5.41, 5.74) is 0.372. The first kappa shape index (κ1) is 10.9. The molecule has 0 fully saturated rings. The van der Waals surface area contributed by atoms with E-state index in [1.54, 1.807) is 13.8 Å². The lowest BCUT2D eigenvalue weighted by molar-refractivity contribution is 0.134. The highest BCUT2D eigenvalue weighted by Crippen LogP contribution is 2.20. The third-order valence-electron chi connectivity index (χ3n) is 2.49. The Morgan fingerprint density at radius 3 is 2.44 bits per heavy atom. The van der Waals surface area contributed by atoms with Gasteiger partial charge in [-0.25, -0.2) is 0 Å². The molecule has 0 bridgehead atoms. The van der Waals surface area contributed by atoms with E-state index in [-0.39, 0.29) is 0 Å². The molecule has 2 aromatic rings. The first-order valence-corrected chi connectivity index (χ1v) is 5.46. The van der Waals surface area contributed by atoms with Gasteiger partial charge in [0, 0.05) is 0 Å². The van der Waals surface area contributed by atoms with Crippen molar-refractivity contribution in [3.8, 4) is 0 Å². The Morgan fingerprint density at radius 2 is 1.69 bits per heavy atom. The molecule has 0 radical (unpaired) electrons. The third-order valence-corrected chi connectivity index (χ3v) is 2.49. The summed E-state index contributed by atoms with van der Waals surface area (Å²) in [7, 11) is 0. The normalized spacial score (nSPS) is 12.4. The van der Waals surface area contributed by atoms with Crippen LogP contribution in [0.1, 0.15) is 19.4 Å². The van der Waals surface area contributed by atoms with Crippen molar-refractivity contribution in [2.75, 3.05) is 0 Å². The fraction of sp³-hybridized carbons (Fsp3) is 0.200. The van der Waals surface area contributed by atoms with Gasteiger partial charge in [-0.15, -0.1) is 0 Å². The molecule has 1 nitrogen and oxygen atoms in total. The van der Waals surface area contributed by atoms with Gasteiger partial charge in [0.15, 0.2) is 0 Å². The number of hydrogen-bond donors (Lipinski definition) is 1. The van der Waals surface area contributed by atoms with Gasteiger partial charge in [0.25, 0.3) is 0 Å². The minimum Gasteiger partial charge on any atom is -0.386 e. The highest BCUT2D eigenvalue weighted by molar-refractivity contribution is 5.90. The van der Waals surface area contributed by atoms with E-state index in [9.17, 15) is 5.11 Å². The SMILES string of the molecule is CC(C)(O)/C=C/c1cccc2ccccc12. The van der Waals surface area contributed by atoms with Gasteiger partial charge in [-0.05, 0) is 30.2 Å². The van der Waals surface area contributed by atoms with Gasteiger partial charge in [-0.3, -0.25) is 0 Å². The van der Waals surface area contributed by atoms with Gasteiger partial charge in [0.05, 0.1) is 5.60 Å². The summed E-state index contributed by atoms with van der Waals surface area (Å²) in [5.74, 6) is 0. The molecule has 0 amide bonds. The molecule has 0 aliphatic rings. The lowest BCUT2D eigenvalue weighted by Gasteiger charge is -2.10. The van der Waals surface area contributed by atoms with Crippen molar-refractivity contribution in [1.82, 2.24) is 0 Å². The van der Waals surface area contributed by atoms with Crippen LogP contribution >= 0.6 is 0 Å². The molecule has 2 rings (SSSR count). The summed E-state index contributed by atoms with van der Waals surface area (Å²) >= 11 is 0. The number of hydrogen-bond acceptors (Lipinski definition) is 1. The average Bonchev–Trinajstić information content (AvgIpc) is 2.25. The predicted molar refractivity (Wildman–Crippen MR) is 69.3 cm³/mol. The summed E-state index contributed by atoms with van der Waals surface area (Å²) in [5, 5.41) is 12.1. The first-order valence-electron chi connectivity index (χ1n) is 5.46. The molecule has 2 aromatic carbocycles. The van der Waals surface area contributed by atoms with Crippen molar-refractivity contribution < 1.29 is 5.11 Å². The highest BCUT2D eigenvalue weighted by atomic mass is 16.3. The Hall–Kier alpha value is -1.60. The van der Waals surface area contributed by atoms with Gasteiger partial charge in [-0.2, -0.15) is 0 Å². The molecule has 0 saturated heterocycles. The van der Waals surface area contributed by atoms with E-state index in [2.05, 4.69) is 24.3 Å².